The molecule has 1 saturated carbocycles. The third kappa shape index (κ3) is 2.31. The highest BCUT2D eigenvalue weighted by Crippen LogP contribution is 2.70. The molecular formula is C16H24ClNO. The zero-order valence-electron chi connectivity index (χ0n) is 12.2. The number of aliphatic hydroxyl groups is 1. The zero-order chi connectivity index (χ0) is 14.4. The van der Waals surface area contributed by atoms with Gasteiger partial charge in [0.1, 0.15) is 0 Å². The topological polar surface area (TPSA) is 46.2 Å². The van der Waals surface area contributed by atoms with E-state index in [1.807, 2.05) is 24.3 Å². The molecule has 19 heavy (non-hydrogen) atoms. The molecule has 2 nitrogen and oxygen atoms in total. The molecular weight excluding hydrogens is 258 g/mol. The van der Waals surface area contributed by atoms with Crippen LogP contribution in [-0.2, 0) is 0 Å². The van der Waals surface area contributed by atoms with Gasteiger partial charge in [0.05, 0.1) is 6.10 Å². The van der Waals surface area contributed by atoms with E-state index in [4.69, 9.17) is 17.3 Å². The van der Waals surface area contributed by atoms with Gasteiger partial charge in [-0.25, -0.2) is 0 Å². The van der Waals surface area contributed by atoms with Gasteiger partial charge in [0.2, 0.25) is 0 Å². The number of hydrogen-bond acceptors (Lipinski definition) is 2. The Morgan fingerprint density at radius 3 is 2.00 bits per heavy atom. The fourth-order valence-corrected chi connectivity index (χ4v) is 3.64. The van der Waals surface area contributed by atoms with Crippen molar-refractivity contribution in [3.63, 3.8) is 0 Å². The number of nitrogens with two attached hydrogens (primary N) is 1. The molecule has 0 aromatic heterocycles. The van der Waals surface area contributed by atoms with Gasteiger partial charge in [-0.1, -0.05) is 51.4 Å². The van der Waals surface area contributed by atoms with Gasteiger partial charge in [-0.15, -0.1) is 0 Å². The van der Waals surface area contributed by atoms with Crippen molar-refractivity contribution in [2.45, 2.75) is 39.7 Å². The Morgan fingerprint density at radius 1 is 1.16 bits per heavy atom. The molecule has 2 unspecified atom stereocenters. The summed E-state index contributed by atoms with van der Waals surface area (Å²) in [6.07, 6.45) is -0.406. The Balaban J connectivity index is 2.22. The lowest BCUT2D eigenvalue weighted by Crippen LogP contribution is -2.29. The molecule has 0 bridgehead atoms. The number of aliphatic hydroxyl groups excluding tert-OH is 1. The molecule has 1 aliphatic carbocycles. The summed E-state index contributed by atoms with van der Waals surface area (Å²) in [5.41, 5.74) is 7.28. The van der Waals surface area contributed by atoms with Crippen LogP contribution < -0.4 is 5.73 Å². The zero-order valence-corrected chi connectivity index (χ0v) is 12.9. The highest BCUT2D eigenvalue weighted by molar-refractivity contribution is 6.30. The largest absolute Gasteiger partial charge is 0.392 e. The molecule has 0 heterocycles. The minimum Gasteiger partial charge on any atom is -0.392 e. The number of halogens is 1. The van der Waals surface area contributed by atoms with E-state index in [0.717, 1.165) is 5.56 Å². The van der Waals surface area contributed by atoms with E-state index in [0.29, 0.717) is 11.6 Å². The van der Waals surface area contributed by atoms with Crippen molar-refractivity contribution in [1.29, 1.82) is 0 Å². The summed E-state index contributed by atoms with van der Waals surface area (Å²) in [6, 6.07) is 7.64. The molecule has 2 rings (SSSR count). The fraction of sp³-hybridized carbons (Fsp3) is 0.625. The van der Waals surface area contributed by atoms with Crippen molar-refractivity contribution in [2.24, 2.45) is 22.5 Å². The normalized spacial score (nSPS) is 23.9. The first-order valence-corrected chi connectivity index (χ1v) is 7.25. The quantitative estimate of drug-likeness (QED) is 0.888. The van der Waals surface area contributed by atoms with Crippen molar-refractivity contribution < 1.29 is 5.11 Å². The molecule has 1 fully saturated rings. The predicted octanol–water partition coefficient (Wildman–Crippen LogP) is 3.43. The molecule has 0 spiro atoms. The minimum absolute atomic E-state index is 0.0247. The third-order valence-electron chi connectivity index (χ3n) is 5.44. The first-order chi connectivity index (χ1) is 8.73. The lowest BCUT2D eigenvalue weighted by Gasteiger charge is -2.24. The average Bonchev–Trinajstić information content (AvgIpc) is 2.73. The van der Waals surface area contributed by atoms with Crippen LogP contribution in [0.3, 0.4) is 0 Å². The van der Waals surface area contributed by atoms with Gasteiger partial charge in [0, 0.05) is 17.5 Å². The van der Waals surface area contributed by atoms with Crippen LogP contribution in [0.25, 0.3) is 0 Å². The van der Waals surface area contributed by atoms with Crippen molar-refractivity contribution in [2.75, 3.05) is 6.54 Å². The van der Waals surface area contributed by atoms with Crippen LogP contribution in [0.5, 0.6) is 0 Å². The SMILES string of the molecule is CC1(C)C(C(O)C(CN)c2ccc(Cl)cc2)C1(C)C. The third-order valence-corrected chi connectivity index (χ3v) is 5.69. The van der Waals surface area contributed by atoms with Gasteiger partial charge in [-0.05, 0) is 34.4 Å². The van der Waals surface area contributed by atoms with E-state index >= 15 is 0 Å². The summed E-state index contributed by atoms with van der Waals surface area (Å²) in [7, 11) is 0. The lowest BCUT2D eigenvalue weighted by atomic mass is 9.88. The smallest absolute Gasteiger partial charge is 0.0659 e. The summed E-state index contributed by atoms with van der Waals surface area (Å²) < 4.78 is 0. The van der Waals surface area contributed by atoms with Crippen molar-refractivity contribution in [1.82, 2.24) is 0 Å². The second-order valence-corrected chi connectivity index (χ2v) is 7.24. The Morgan fingerprint density at radius 2 is 1.63 bits per heavy atom. The van der Waals surface area contributed by atoms with Gasteiger partial charge >= 0.3 is 0 Å². The van der Waals surface area contributed by atoms with Gasteiger partial charge in [0.25, 0.3) is 0 Å². The number of hydrogen-bond donors (Lipinski definition) is 2. The van der Waals surface area contributed by atoms with E-state index < -0.39 is 6.10 Å². The summed E-state index contributed by atoms with van der Waals surface area (Å²) in [6.45, 7) is 9.32. The molecule has 1 aromatic carbocycles. The maximum absolute atomic E-state index is 10.7. The Hall–Kier alpha value is -0.570. The summed E-state index contributed by atoms with van der Waals surface area (Å²) in [5, 5.41) is 11.4. The molecule has 0 amide bonds. The number of benzene rings is 1. The Labute approximate surface area is 121 Å². The van der Waals surface area contributed by atoms with Gasteiger partial charge in [0.15, 0.2) is 0 Å². The van der Waals surface area contributed by atoms with Crippen LogP contribution in [0.4, 0.5) is 0 Å². The highest BCUT2D eigenvalue weighted by atomic mass is 35.5. The highest BCUT2D eigenvalue weighted by Gasteiger charge is 2.67. The van der Waals surface area contributed by atoms with E-state index in [1.54, 1.807) is 0 Å². The standard InChI is InChI=1S/C16H24ClNO/c1-15(2)14(16(15,3)4)13(19)12(9-18)10-5-7-11(17)8-6-10/h5-8,12-14,19H,9,18H2,1-4H3. The molecule has 106 valence electrons. The van der Waals surface area contributed by atoms with Crippen molar-refractivity contribution in [3.05, 3.63) is 34.9 Å². The van der Waals surface area contributed by atoms with Crippen LogP contribution in [0.15, 0.2) is 24.3 Å². The molecule has 2 atom stereocenters. The van der Waals surface area contributed by atoms with Gasteiger partial charge in [-0.3, -0.25) is 0 Å². The summed E-state index contributed by atoms with van der Waals surface area (Å²) in [4.78, 5) is 0. The summed E-state index contributed by atoms with van der Waals surface area (Å²) in [5.74, 6) is 0.257. The first-order valence-electron chi connectivity index (χ1n) is 6.87. The second kappa shape index (κ2) is 4.76. The van der Waals surface area contributed by atoms with Crippen LogP contribution in [-0.4, -0.2) is 17.8 Å². The van der Waals surface area contributed by atoms with E-state index in [-0.39, 0.29) is 22.7 Å². The maximum atomic E-state index is 10.7. The van der Waals surface area contributed by atoms with Gasteiger partial charge < -0.3 is 10.8 Å². The Kier molecular flexibility index (Phi) is 3.72. The molecule has 0 radical (unpaired) electrons. The second-order valence-electron chi connectivity index (χ2n) is 6.81. The van der Waals surface area contributed by atoms with Crippen LogP contribution in [0.1, 0.15) is 39.2 Å². The van der Waals surface area contributed by atoms with Crippen molar-refractivity contribution >= 4 is 11.6 Å². The monoisotopic (exact) mass is 281 g/mol. The van der Waals surface area contributed by atoms with Crippen LogP contribution >= 0.6 is 11.6 Å². The van der Waals surface area contributed by atoms with E-state index in [9.17, 15) is 5.11 Å². The Bertz CT molecular complexity index is 438. The molecule has 3 heteroatoms. The fourth-order valence-electron chi connectivity index (χ4n) is 3.52. The minimum atomic E-state index is -0.406. The molecule has 0 aliphatic heterocycles. The maximum Gasteiger partial charge on any atom is 0.0659 e. The van der Waals surface area contributed by atoms with E-state index in [1.165, 1.54) is 0 Å². The molecule has 1 aromatic rings. The molecule has 1 aliphatic rings. The van der Waals surface area contributed by atoms with Crippen LogP contribution in [0.2, 0.25) is 5.02 Å². The van der Waals surface area contributed by atoms with Gasteiger partial charge in [-0.2, -0.15) is 0 Å². The van der Waals surface area contributed by atoms with E-state index in [2.05, 4.69) is 27.7 Å². The molecule has 0 saturated heterocycles. The van der Waals surface area contributed by atoms with Crippen molar-refractivity contribution in [3.8, 4) is 0 Å². The van der Waals surface area contributed by atoms with Crippen LogP contribution in [0, 0.1) is 16.7 Å². The lowest BCUT2D eigenvalue weighted by molar-refractivity contribution is 0.102. The average molecular weight is 282 g/mol. The number of rotatable bonds is 4. The first kappa shape index (κ1) is 14.8. The predicted molar refractivity (Wildman–Crippen MR) is 80.3 cm³/mol. The molecule has 3 N–H and O–H groups in total. The summed E-state index contributed by atoms with van der Waals surface area (Å²) >= 11 is 5.91.